The molecule has 150 valence electrons. The van der Waals surface area contributed by atoms with Crippen LogP contribution in [0.3, 0.4) is 0 Å². The Kier molecular flexibility index (Phi) is 8.01. The van der Waals surface area contributed by atoms with Crippen LogP contribution in [-0.4, -0.2) is 43.1 Å². The van der Waals surface area contributed by atoms with Crippen LogP contribution in [0.25, 0.3) is 0 Å². The zero-order chi connectivity index (χ0) is 19.8. The van der Waals surface area contributed by atoms with Crippen molar-refractivity contribution in [2.45, 2.75) is 31.8 Å². The number of halogens is 2. The molecule has 0 aliphatic carbocycles. The fourth-order valence-corrected chi connectivity index (χ4v) is 3.63. The summed E-state index contributed by atoms with van der Waals surface area (Å²) in [5.74, 6) is 0.875. The second-order valence-corrected chi connectivity index (χ2v) is 7.88. The van der Waals surface area contributed by atoms with E-state index in [9.17, 15) is 4.79 Å². The Balaban J connectivity index is 1.30. The monoisotopic (exact) mass is 420 g/mol. The van der Waals surface area contributed by atoms with E-state index in [1.807, 2.05) is 24.3 Å². The molecule has 2 aromatic carbocycles. The van der Waals surface area contributed by atoms with Gasteiger partial charge in [-0.05, 0) is 37.0 Å². The summed E-state index contributed by atoms with van der Waals surface area (Å²) in [6.45, 7) is 3.49. The average molecular weight is 421 g/mol. The zero-order valence-electron chi connectivity index (χ0n) is 15.9. The number of likely N-dealkylation sites (tertiary alicyclic amines) is 1. The largest absolute Gasteiger partial charge is 0.490 e. The van der Waals surface area contributed by atoms with Gasteiger partial charge < -0.3 is 15.0 Å². The first kappa shape index (κ1) is 21.0. The van der Waals surface area contributed by atoms with Crippen molar-refractivity contribution in [2.24, 2.45) is 0 Å². The van der Waals surface area contributed by atoms with Crippen LogP contribution in [0.1, 0.15) is 24.8 Å². The normalized spacial score (nSPS) is 15.4. The van der Waals surface area contributed by atoms with Crippen LogP contribution >= 0.6 is 23.2 Å². The van der Waals surface area contributed by atoms with Gasteiger partial charge in [0.05, 0.1) is 10.0 Å². The Morgan fingerprint density at radius 2 is 1.82 bits per heavy atom. The number of nitrogens with zero attached hydrogens (tertiary/aromatic N) is 1. The zero-order valence-corrected chi connectivity index (χ0v) is 17.4. The summed E-state index contributed by atoms with van der Waals surface area (Å²) >= 11 is 12.0. The number of hydrogen-bond donors (Lipinski definition) is 1. The molecule has 1 amide bonds. The average Bonchev–Trinajstić information content (AvgIpc) is 2.71. The van der Waals surface area contributed by atoms with Gasteiger partial charge in [-0.25, -0.2) is 0 Å². The highest BCUT2D eigenvalue weighted by Crippen LogP contribution is 2.28. The minimum absolute atomic E-state index is 0.113. The smallest absolute Gasteiger partial charge is 0.220 e. The van der Waals surface area contributed by atoms with Gasteiger partial charge in [0.25, 0.3) is 0 Å². The van der Waals surface area contributed by atoms with E-state index in [-0.39, 0.29) is 12.0 Å². The Morgan fingerprint density at radius 1 is 1.07 bits per heavy atom. The lowest BCUT2D eigenvalue weighted by atomic mass is 10.1. The van der Waals surface area contributed by atoms with Gasteiger partial charge in [0, 0.05) is 38.7 Å². The molecule has 0 unspecified atom stereocenters. The van der Waals surface area contributed by atoms with Gasteiger partial charge in [-0.15, -0.1) is 0 Å². The number of carbonyl (C=O) groups is 1. The van der Waals surface area contributed by atoms with Crippen LogP contribution in [-0.2, 0) is 11.2 Å². The van der Waals surface area contributed by atoms with Crippen molar-refractivity contribution in [3.8, 4) is 5.75 Å². The molecule has 1 aliphatic heterocycles. The van der Waals surface area contributed by atoms with Gasteiger partial charge in [-0.1, -0.05) is 53.5 Å². The van der Waals surface area contributed by atoms with E-state index >= 15 is 0 Å². The highest BCUT2D eigenvalue weighted by Gasteiger charge is 2.20. The molecule has 1 N–H and O–H groups in total. The molecule has 0 aromatic heterocycles. The lowest BCUT2D eigenvalue weighted by Gasteiger charge is -2.32. The highest BCUT2D eigenvalue weighted by atomic mass is 35.5. The third-order valence-electron chi connectivity index (χ3n) is 4.96. The summed E-state index contributed by atoms with van der Waals surface area (Å²) in [4.78, 5) is 14.4. The molecule has 0 atom stereocenters. The molecule has 0 bridgehead atoms. The third kappa shape index (κ3) is 6.69. The number of rotatable bonds is 8. The first-order valence-electron chi connectivity index (χ1n) is 9.75. The number of ether oxygens (including phenoxy) is 1. The first-order valence-corrected chi connectivity index (χ1v) is 10.5. The van der Waals surface area contributed by atoms with Gasteiger partial charge in [-0.2, -0.15) is 0 Å². The summed E-state index contributed by atoms with van der Waals surface area (Å²) in [5, 5.41) is 4.07. The van der Waals surface area contributed by atoms with Crippen molar-refractivity contribution in [1.82, 2.24) is 10.2 Å². The Labute approximate surface area is 176 Å². The molecule has 0 spiro atoms. The molecule has 1 aliphatic rings. The SMILES string of the molecule is O=C(CCc1ccccc1)NCCN1CCC(Oc2ccc(Cl)c(Cl)c2)CC1. The molecule has 1 heterocycles. The van der Waals surface area contributed by atoms with Crippen LogP contribution in [0.2, 0.25) is 10.0 Å². The fraction of sp³-hybridized carbons (Fsp3) is 0.409. The second-order valence-electron chi connectivity index (χ2n) is 7.07. The van der Waals surface area contributed by atoms with E-state index in [1.165, 1.54) is 5.56 Å². The molecule has 2 aromatic rings. The minimum Gasteiger partial charge on any atom is -0.490 e. The quantitative estimate of drug-likeness (QED) is 0.678. The van der Waals surface area contributed by atoms with E-state index in [4.69, 9.17) is 27.9 Å². The number of aryl methyl sites for hydroxylation is 1. The molecule has 3 rings (SSSR count). The second kappa shape index (κ2) is 10.7. The number of amides is 1. The van der Waals surface area contributed by atoms with E-state index in [0.717, 1.165) is 44.6 Å². The summed E-state index contributed by atoms with van der Waals surface area (Å²) in [6, 6.07) is 15.5. The molecule has 6 heteroatoms. The molecule has 1 saturated heterocycles. The molecule has 0 radical (unpaired) electrons. The summed E-state index contributed by atoms with van der Waals surface area (Å²) < 4.78 is 6.02. The number of hydrogen-bond acceptors (Lipinski definition) is 3. The maximum Gasteiger partial charge on any atom is 0.220 e. The maximum absolute atomic E-state index is 12.0. The van der Waals surface area contributed by atoms with Crippen LogP contribution in [0.4, 0.5) is 0 Å². The fourth-order valence-electron chi connectivity index (χ4n) is 3.34. The van der Waals surface area contributed by atoms with Crippen molar-refractivity contribution in [1.29, 1.82) is 0 Å². The molecular formula is C22H26Cl2N2O2. The standard InChI is InChI=1S/C22H26Cl2N2O2/c23-20-8-7-19(16-21(20)24)28-18-10-13-26(14-11-18)15-12-25-22(27)9-6-17-4-2-1-3-5-17/h1-5,7-8,16,18H,6,9-15H2,(H,25,27). The molecule has 1 fully saturated rings. The van der Waals surface area contributed by atoms with Gasteiger partial charge in [0.2, 0.25) is 5.91 Å². The van der Waals surface area contributed by atoms with Crippen LogP contribution in [0.5, 0.6) is 5.75 Å². The summed E-state index contributed by atoms with van der Waals surface area (Å²) in [7, 11) is 0. The van der Waals surface area contributed by atoms with Crippen LogP contribution < -0.4 is 10.1 Å². The van der Waals surface area contributed by atoms with Gasteiger partial charge >= 0.3 is 0 Å². The van der Waals surface area contributed by atoms with Crippen molar-refractivity contribution < 1.29 is 9.53 Å². The predicted molar refractivity (Wildman–Crippen MR) is 114 cm³/mol. The lowest BCUT2D eigenvalue weighted by molar-refractivity contribution is -0.121. The lowest BCUT2D eigenvalue weighted by Crippen LogP contribution is -2.42. The molecule has 4 nitrogen and oxygen atoms in total. The van der Waals surface area contributed by atoms with Crippen molar-refractivity contribution >= 4 is 29.1 Å². The van der Waals surface area contributed by atoms with Gasteiger partial charge in [0.15, 0.2) is 0 Å². The summed E-state index contributed by atoms with van der Waals surface area (Å²) in [6.07, 6.45) is 3.42. The molecular weight excluding hydrogens is 395 g/mol. The van der Waals surface area contributed by atoms with Crippen molar-refractivity contribution in [3.63, 3.8) is 0 Å². The Bertz CT molecular complexity index is 762. The van der Waals surface area contributed by atoms with E-state index in [2.05, 4.69) is 22.3 Å². The van der Waals surface area contributed by atoms with Crippen LogP contribution in [0.15, 0.2) is 48.5 Å². The van der Waals surface area contributed by atoms with Gasteiger partial charge in [-0.3, -0.25) is 4.79 Å². The topological polar surface area (TPSA) is 41.6 Å². The molecule has 0 saturated carbocycles. The van der Waals surface area contributed by atoms with E-state index < -0.39 is 0 Å². The van der Waals surface area contributed by atoms with E-state index in [1.54, 1.807) is 12.1 Å². The van der Waals surface area contributed by atoms with Gasteiger partial charge in [0.1, 0.15) is 11.9 Å². The predicted octanol–water partition coefficient (Wildman–Crippen LogP) is 4.59. The first-order chi connectivity index (χ1) is 13.6. The maximum atomic E-state index is 12.0. The minimum atomic E-state index is 0.113. The third-order valence-corrected chi connectivity index (χ3v) is 5.70. The van der Waals surface area contributed by atoms with Crippen molar-refractivity contribution in [2.75, 3.05) is 26.2 Å². The van der Waals surface area contributed by atoms with Crippen molar-refractivity contribution in [3.05, 3.63) is 64.1 Å². The Morgan fingerprint density at radius 3 is 2.54 bits per heavy atom. The summed E-state index contributed by atoms with van der Waals surface area (Å²) in [5.41, 5.74) is 1.20. The van der Waals surface area contributed by atoms with E-state index in [0.29, 0.717) is 23.0 Å². The van der Waals surface area contributed by atoms with Crippen LogP contribution in [0, 0.1) is 0 Å². The highest BCUT2D eigenvalue weighted by molar-refractivity contribution is 6.42. The molecule has 28 heavy (non-hydrogen) atoms. The number of nitrogens with one attached hydrogen (secondary N) is 1. The Hall–Kier alpha value is -1.75. The number of piperidine rings is 1. The number of carbonyl (C=O) groups excluding carboxylic acids is 1. The number of benzene rings is 2.